The van der Waals surface area contributed by atoms with Crippen molar-refractivity contribution in [3.8, 4) is 0 Å². The van der Waals surface area contributed by atoms with E-state index in [1.807, 2.05) is 0 Å². The van der Waals surface area contributed by atoms with E-state index in [0.29, 0.717) is 13.2 Å². The third-order valence-corrected chi connectivity index (χ3v) is 1.43. The number of methoxy groups -OCH3 is 1. The summed E-state index contributed by atoms with van der Waals surface area (Å²) < 4.78 is 10.00. The second-order valence-electron chi connectivity index (χ2n) is 2.47. The van der Waals surface area contributed by atoms with E-state index in [0.717, 1.165) is 6.42 Å². The minimum Gasteiger partial charge on any atom is -0.385 e. The maximum atomic E-state index is 10.7. The number of carbonyl (C=O) groups is 1. The zero-order valence-electron chi connectivity index (χ0n) is 7.42. The van der Waals surface area contributed by atoms with Gasteiger partial charge in [-0.2, -0.15) is 0 Å². The number of rotatable bonds is 6. The lowest BCUT2D eigenvalue weighted by Gasteiger charge is -2.08. The third kappa shape index (κ3) is 6.01. The molecule has 0 rings (SSSR count). The molecule has 0 saturated heterocycles. The smallest absolute Gasteiger partial charge is 0.158 e. The summed E-state index contributed by atoms with van der Waals surface area (Å²) in [5.74, 6) is 0.0717. The molecule has 0 aliphatic rings. The summed E-state index contributed by atoms with van der Waals surface area (Å²) >= 11 is 0. The number of Topliss-reactive ketones (excluding diaryl/α,β-unsaturated/α-hetero) is 1. The Morgan fingerprint density at radius 2 is 2.09 bits per heavy atom. The maximum Gasteiger partial charge on any atom is 0.158 e. The highest BCUT2D eigenvalue weighted by Crippen LogP contribution is 1.93. The van der Waals surface area contributed by atoms with Crippen molar-refractivity contribution >= 4 is 5.78 Å². The summed E-state index contributed by atoms with van der Waals surface area (Å²) in [5.41, 5.74) is 0. The molecule has 0 aliphatic heterocycles. The SMILES string of the molecule is COCCCOC(C)C(C)=O. The van der Waals surface area contributed by atoms with Gasteiger partial charge in [-0.15, -0.1) is 0 Å². The Morgan fingerprint density at radius 3 is 2.55 bits per heavy atom. The van der Waals surface area contributed by atoms with E-state index in [2.05, 4.69) is 0 Å². The van der Waals surface area contributed by atoms with Gasteiger partial charge in [-0.1, -0.05) is 0 Å². The van der Waals surface area contributed by atoms with Gasteiger partial charge in [0.25, 0.3) is 0 Å². The Labute approximate surface area is 67.7 Å². The fourth-order valence-corrected chi connectivity index (χ4v) is 0.581. The van der Waals surface area contributed by atoms with Crippen LogP contribution in [0.2, 0.25) is 0 Å². The number of carbonyl (C=O) groups excluding carboxylic acids is 1. The molecule has 0 aromatic carbocycles. The molecule has 0 aromatic heterocycles. The van der Waals surface area contributed by atoms with Gasteiger partial charge in [0, 0.05) is 20.3 Å². The minimum atomic E-state index is -0.271. The van der Waals surface area contributed by atoms with Crippen molar-refractivity contribution in [2.45, 2.75) is 26.4 Å². The summed E-state index contributed by atoms with van der Waals surface area (Å²) in [4.78, 5) is 10.7. The van der Waals surface area contributed by atoms with Crippen molar-refractivity contribution < 1.29 is 14.3 Å². The minimum absolute atomic E-state index is 0.0717. The van der Waals surface area contributed by atoms with Crippen molar-refractivity contribution in [2.75, 3.05) is 20.3 Å². The number of ketones is 1. The fraction of sp³-hybridized carbons (Fsp3) is 0.875. The summed E-state index contributed by atoms with van der Waals surface area (Å²) in [5, 5.41) is 0. The molecule has 1 atom stereocenters. The summed E-state index contributed by atoms with van der Waals surface area (Å²) in [7, 11) is 1.65. The van der Waals surface area contributed by atoms with E-state index in [1.54, 1.807) is 14.0 Å². The van der Waals surface area contributed by atoms with Crippen molar-refractivity contribution in [1.82, 2.24) is 0 Å². The molecular formula is C8H16O3. The zero-order valence-corrected chi connectivity index (χ0v) is 7.42. The quantitative estimate of drug-likeness (QED) is 0.544. The Balaban J connectivity index is 3.17. The van der Waals surface area contributed by atoms with Gasteiger partial charge in [0.15, 0.2) is 5.78 Å². The van der Waals surface area contributed by atoms with Gasteiger partial charge < -0.3 is 9.47 Å². The first kappa shape index (κ1) is 10.6. The van der Waals surface area contributed by atoms with Crippen LogP contribution in [0, 0.1) is 0 Å². The number of hydrogen-bond donors (Lipinski definition) is 0. The maximum absolute atomic E-state index is 10.7. The van der Waals surface area contributed by atoms with Crippen LogP contribution < -0.4 is 0 Å². The predicted molar refractivity (Wildman–Crippen MR) is 42.6 cm³/mol. The van der Waals surface area contributed by atoms with Crippen LogP contribution >= 0.6 is 0 Å². The van der Waals surface area contributed by atoms with Gasteiger partial charge in [-0.3, -0.25) is 4.79 Å². The van der Waals surface area contributed by atoms with Crippen LogP contribution in [0.15, 0.2) is 0 Å². The summed E-state index contributed by atoms with van der Waals surface area (Å²) in [6, 6.07) is 0. The van der Waals surface area contributed by atoms with Crippen molar-refractivity contribution in [1.29, 1.82) is 0 Å². The molecule has 0 heterocycles. The van der Waals surface area contributed by atoms with Crippen LogP contribution in [0.1, 0.15) is 20.3 Å². The topological polar surface area (TPSA) is 35.5 Å². The summed E-state index contributed by atoms with van der Waals surface area (Å²) in [6.07, 6.45) is 0.570. The van der Waals surface area contributed by atoms with Gasteiger partial charge in [-0.05, 0) is 20.3 Å². The molecule has 0 radical (unpaired) electrons. The van der Waals surface area contributed by atoms with Crippen LogP contribution in [-0.2, 0) is 14.3 Å². The molecule has 66 valence electrons. The van der Waals surface area contributed by atoms with Crippen LogP contribution in [-0.4, -0.2) is 32.2 Å². The highest BCUT2D eigenvalue weighted by Gasteiger charge is 2.05. The molecule has 0 saturated carbocycles. The molecule has 0 aliphatic carbocycles. The van der Waals surface area contributed by atoms with Gasteiger partial charge in [0.1, 0.15) is 6.10 Å². The molecule has 0 bridgehead atoms. The average Bonchev–Trinajstić information content (AvgIpc) is 1.97. The predicted octanol–water partition coefficient (Wildman–Crippen LogP) is 1.02. The lowest BCUT2D eigenvalue weighted by molar-refractivity contribution is -0.127. The van der Waals surface area contributed by atoms with Crippen molar-refractivity contribution in [2.24, 2.45) is 0 Å². The second kappa shape index (κ2) is 6.31. The average molecular weight is 160 g/mol. The normalized spacial score (nSPS) is 13.0. The van der Waals surface area contributed by atoms with Crippen LogP contribution in [0.5, 0.6) is 0 Å². The molecular weight excluding hydrogens is 144 g/mol. The van der Waals surface area contributed by atoms with Crippen molar-refractivity contribution in [3.63, 3.8) is 0 Å². The van der Waals surface area contributed by atoms with E-state index in [-0.39, 0.29) is 11.9 Å². The molecule has 0 aromatic rings. The fourth-order valence-electron chi connectivity index (χ4n) is 0.581. The van der Waals surface area contributed by atoms with Gasteiger partial charge in [-0.25, -0.2) is 0 Å². The Morgan fingerprint density at radius 1 is 1.45 bits per heavy atom. The first-order valence-electron chi connectivity index (χ1n) is 3.79. The summed E-state index contributed by atoms with van der Waals surface area (Å²) in [6.45, 7) is 4.56. The molecule has 3 heteroatoms. The van der Waals surface area contributed by atoms with E-state index in [9.17, 15) is 4.79 Å². The third-order valence-electron chi connectivity index (χ3n) is 1.43. The molecule has 0 N–H and O–H groups in total. The molecule has 0 fully saturated rings. The van der Waals surface area contributed by atoms with E-state index >= 15 is 0 Å². The first-order valence-corrected chi connectivity index (χ1v) is 3.79. The Kier molecular flexibility index (Phi) is 6.07. The monoisotopic (exact) mass is 160 g/mol. The molecule has 3 nitrogen and oxygen atoms in total. The first-order chi connectivity index (χ1) is 5.18. The van der Waals surface area contributed by atoms with Crippen LogP contribution in [0.3, 0.4) is 0 Å². The molecule has 0 amide bonds. The largest absolute Gasteiger partial charge is 0.385 e. The lowest BCUT2D eigenvalue weighted by Crippen LogP contribution is -2.18. The number of hydrogen-bond acceptors (Lipinski definition) is 3. The number of ether oxygens (including phenoxy) is 2. The zero-order chi connectivity index (χ0) is 8.69. The van der Waals surface area contributed by atoms with Gasteiger partial charge >= 0.3 is 0 Å². The van der Waals surface area contributed by atoms with Gasteiger partial charge in [0.2, 0.25) is 0 Å². The lowest BCUT2D eigenvalue weighted by atomic mass is 10.3. The highest BCUT2D eigenvalue weighted by atomic mass is 16.5. The molecule has 11 heavy (non-hydrogen) atoms. The van der Waals surface area contributed by atoms with Crippen molar-refractivity contribution in [3.05, 3.63) is 0 Å². The standard InChI is InChI=1S/C8H16O3/c1-7(9)8(2)11-6-4-5-10-3/h8H,4-6H2,1-3H3. The van der Waals surface area contributed by atoms with Gasteiger partial charge in [0.05, 0.1) is 0 Å². The van der Waals surface area contributed by atoms with E-state index < -0.39 is 0 Å². The van der Waals surface area contributed by atoms with Crippen LogP contribution in [0.25, 0.3) is 0 Å². The Hall–Kier alpha value is -0.410. The van der Waals surface area contributed by atoms with Crippen LogP contribution in [0.4, 0.5) is 0 Å². The molecule has 1 unspecified atom stereocenters. The molecule has 0 spiro atoms. The Bertz CT molecular complexity index is 112. The second-order valence-corrected chi connectivity index (χ2v) is 2.47. The van der Waals surface area contributed by atoms with E-state index in [4.69, 9.17) is 9.47 Å². The highest BCUT2D eigenvalue weighted by molar-refractivity contribution is 5.79. The van der Waals surface area contributed by atoms with E-state index in [1.165, 1.54) is 6.92 Å².